The molecular weight excluding hydrogens is 288 g/mol. The Morgan fingerprint density at radius 3 is 2.48 bits per heavy atom. The third-order valence-electron chi connectivity index (χ3n) is 3.58. The van der Waals surface area contributed by atoms with E-state index >= 15 is 0 Å². The molecular formula is C19H24N2O2. The largest absolute Gasteiger partial charge is 0.489 e. The second kappa shape index (κ2) is 7.68. The van der Waals surface area contributed by atoms with E-state index < -0.39 is 0 Å². The average Bonchev–Trinajstić information content (AvgIpc) is 2.54. The van der Waals surface area contributed by atoms with E-state index in [0.29, 0.717) is 24.3 Å². The van der Waals surface area contributed by atoms with Gasteiger partial charge in [-0.25, -0.2) is 0 Å². The Morgan fingerprint density at radius 1 is 1.17 bits per heavy atom. The summed E-state index contributed by atoms with van der Waals surface area (Å²) in [6.07, 6.45) is 1.18. The number of para-hydroxylation sites is 1. The molecule has 0 spiro atoms. The van der Waals surface area contributed by atoms with Gasteiger partial charge in [-0.3, -0.25) is 4.79 Å². The molecule has 0 aliphatic heterocycles. The topological polar surface area (TPSA) is 55.6 Å². The SMILES string of the molecule is CC(C)Oc1ccc(CCC(=O)N(C)c2ccccc2)cc1N. The first kappa shape index (κ1) is 16.9. The molecule has 1 amide bonds. The Kier molecular flexibility index (Phi) is 5.63. The van der Waals surface area contributed by atoms with E-state index in [1.54, 1.807) is 11.9 Å². The number of nitrogens with two attached hydrogens (primary N) is 1. The number of nitrogens with zero attached hydrogens (tertiary/aromatic N) is 1. The summed E-state index contributed by atoms with van der Waals surface area (Å²) >= 11 is 0. The molecule has 2 aromatic carbocycles. The lowest BCUT2D eigenvalue weighted by molar-refractivity contribution is -0.118. The Hall–Kier alpha value is -2.49. The minimum atomic E-state index is 0.0808. The van der Waals surface area contributed by atoms with Gasteiger partial charge in [0.15, 0.2) is 0 Å². The zero-order chi connectivity index (χ0) is 16.8. The number of benzene rings is 2. The third-order valence-corrected chi connectivity index (χ3v) is 3.58. The van der Waals surface area contributed by atoms with Crippen LogP contribution in [0.1, 0.15) is 25.8 Å². The fourth-order valence-electron chi connectivity index (χ4n) is 2.33. The van der Waals surface area contributed by atoms with Crippen LogP contribution in [0.5, 0.6) is 5.75 Å². The predicted octanol–water partition coefficient (Wildman–Crippen LogP) is 3.65. The summed E-state index contributed by atoms with van der Waals surface area (Å²) in [5.41, 5.74) is 8.55. The second-order valence-electron chi connectivity index (χ2n) is 5.83. The number of hydrogen-bond acceptors (Lipinski definition) is 3. The molecule has 0 saturated carbocycles. The molecule has 2 N–H and O–H groups in total. The summed E-state index contributed by atoms with van der Waals surface area (Å²) in [6, 6.07) is 15.3. The van der Waals surface area contributed by atoms with E-state index in [1.807, 2.05) is 62.4 Å². The van der Waals surface area contributed by atoms with Crippen LogP contribution < -0.4 is 15.4 Å². The average molecular weight is 312 g/mol. The highest BCUT2D eigenvalue weighted by Crippen LogP contribution is 2.24. The second-order valence-corrected chi connectivity index (χ2v) is 5.83. The van der Waals surface area contributed by atoms with E-state index in [-0.39, 0.29) is 12.0 Å². The molecule has 0 aliphatic rings. The number of nitrogen functional groups attached to an aromatic ring is 1. The first-order chi connectivity index (χ1) is 11.0. The molecule has 0 heterocycles. The third kappa shape index (κ3) is 4.74. The summed E-state index contributed by atoms with van der Waals surface area (Å²) in [5.74, 6) is 0.772. The smallest absolute Gasteiger partial charge is 0.227 e. The fourth-order valence-corrected chi connectivity index (χ4v) is 2.33. The van der Waals surface area contributed by atoms with Crippen LogP contribution in [-0.2, 0) is 11.2 Å². The van der Waals surface area contributed by atoms with Crippen LogP contribution in [0, 0.1) is 0 Å². The van der Waals surface area contributed by atoms with E-state index in [0.717, 1.165) is 11.3 Å². The standard InChI is InChI=1S/C19H24N2O2/c1-14(2)23-18-11-9-15(13-17(18)20)10-12-19(22)21(3)16-7-5-4-6-8-16/h4-9,11,13-14H,10,12,20H2,1-3H3. The first-order valence-electron chi connectivity index (χ1n) is 7.84. The van der Waals surface area contributed by atoms with Gasteiger partial charge in [-0.2, -0.15) is 0 Å². The zero-order valence-corrected chi connectivity index (χ0v) is 14.0. The Balaban J connectivity index is 1.95. The first-order valence-corrected chi connectivity index (χ1v) is 7.84. The van der Waals surface area contributed by atoms with E-state index in [4.69, 9.17) is 10.5 Å². The molecule has 4 heteroatoms. The number of carbonyl (C=O) groups is 1. The Morgan fingerprint density at radius 2 is 1.87 bits per heavy atom. The van der Waals surface area contributed by atoms with Crippen LogP contribution in [0.4, 0.5) is 11.4 Å². The molecule has 2 rings (SSSR count). The van der Waals surface area contributed by atoms with Crippen molar-refractivity contribution in [2.45, 2.75) is 32.8 Å². The maximum absolute atomic E-state index is 12.3. The predicted molar refractivity (Wildman–Crippen MR) is 94.8 cm³/mol. The van der Waals surface area contributed by atoms with Gasteiger partial charge < -0.3 is 15.4 Å². The van der Waals surface area contributed by atoms with Gasteiger partial charge in [0.25, 0.3) is 0 Å². The Bertz CT molecular complexity index is 654. The van der Waals surface area contributed by atoms with Crippen molar-refractivity contribution in [3.8, 4) is 5.75 Å². The molecule has 0 unspecified atom stereocenters. The normalized spacial score (nSPS) is 10.6. The zero-order valence-electron chi connectivity index (χ0n) is 14.0. The molecule has 2 aromatic rings. The molecule has 0 aliphatic carbocycles. The van der Waals surface area contributed by atoms with Gasteiger partial charge in [-0.05, 0) is 50.1 Å². The number of anilines is 2. The maximum atomic E-state index is 12.3. The van der Waals surface area contributed by atoms with Gasteiger partial charge in [0.2, 0.25) is 5.91 Å². The highest BCUT2D eigenvalue weighted by molar-refractivity contribution is 5.92. The molecule has 0 saturated heterocycles. The van der Waals surface area contributed by atoms with Crippen LogP contribution in [0.25, 0.3) is 0 Å². The van der Waals surface area contributed by atoms with Crippen molar-refractivity contribution in [2.75, 3.05) is 17.7 Å². The van der Waals surface area contributed by atoms with Crippen LogP contribution in [-0.4, -0.2) is 19.1 Å². The van der Waals surface area contributed by atoms with E-state index in [2.05, 4.69) is 0 Å². The summed E-state index contributed by atoms with van der Waals surface area (Å²) in [7, 11) is 1.80. The summed E-state index contributed by atoms with van der Waals surface area (Å²) in [6.45, 7) is 3.93. The number of carbonyl (C=O) groups excluding carboxylic acids is 1. The number of hydrogen-bond donors (Lipinski definition) is 1. The van der Waals surface area contributed by atoms with Crippen molar-refractivity contribution in [1.29, 1.82) is 0 Å². The minimum Gasteiger partial charge on any atom is -0.489 e. The lowest BCUT2D eigenvalue weighted by atomic mass is 10.1. The van der Waals surface area contributed by atoms with Gasteiger partial charge in [0.1, 0.15) is 5.75 Å². The highest BCUT2D eigenvalue weighted by Gasteiger charge is 2.11. The summed E-state index contributed by atoms with van der Waals surface area (Å²) < 4.78 is 5.62. The number of rotatable bonds is 6. The number of aryl methyl sites for hydroxylation is 1. The molecule has 122 valence electrons. The van der Waals surface area contributed by atoms with Crippen molar-refractivity contribution in [1.82, 2.24) is 0 Å². The minimum absolute atomic E-state index is 0.0808. The van der Waals surface area contributed by atoms with Crippen LogP contribution in [0.2, 0.25) is 0 Å². The van der Waals surface area contributed by atoms with E-state index in [1.165, 1.54) is 0 Å². The van der Waals surface area contributed by atoms with Gasteiger partial charge in [0.05, 0.1) is 11.8 Å². The summed E-state index contributed by atoms with van der Waals surface area (Å²) in [4.78, 5) is 14.0. The van der Waals surface area contributed by atoms with Gasteiger partial charge in [-0.1, -0.05) is 24.3 Å². The van der Waals surface area contributed by atoms with E-state index in [9.17, 15) is 4.79 Å². The van der Waals surface area contributed by atoms with Gasteiger partial charge in [0, 0.05) is 19.2 Å². The lowest BCUT2D eigenvalue weighted by Crippen LogP contribution is -2.26. The van der Waals surface area contributed by atoms with Gasteiger partial charge in [-0.15, -0.1) is 0 Å². The van der Waals surface area contributed by atoms with Crippen LogP contribution in [0.3, 0.4) is 0 Å². The van der Waals surface area contributed by atoms with Crippen molar-refractivity contribution < 1.29 is 9.53 Å². The quantitative estimate of drug-likeness (QED) is 0.828. The Labute approximate surface area is 137 Å². The molecule has 4 nitrogen and oxygen atoms in total. The van der Waals surface area contributed by atoms with Crippen molar-refractivity contribution in [3.63, 3.8) is 0 Å². The number of ether oxygens (including phenoxy) is 1. The van der Waals surface area contributed by atoms with Gasteiger partial charge >= 0.3 is 0 Å². The fraction of sp³-hybridized carbons (Fsp3) is 0.316. The number of amides is 1. The molecule has 0 bridgehead atoms. The van der Waals surface area contributed by atoms with Crippen molar-refractivity contribution >= 4 is 17.3 Å². The molecule has 0 aromatic heterocycles. The molecule has 0 atom stereocenters. The maximum Gasteiger partial charge on any atom is 0.227 e. The van der Waals surface area contributed by atoms with Crippen LogP contribution in [0.15, 0.2) is 48.5 Å². The van der Waals surface area contributed by atoms with Crippen LogP contribution >= 0.6 is 0 Å². The summed E-state index contributed by atoms with van der Waals surface area (Å²) in [5, 5.41) is 0. The lowest BCUT2D eigenvalue weighted by Gasteiger charge is -2.17. The molecule has 0 fully saturated rings. The highest BCUT2D eigenvalue weighted by atomic mass is 16.5. The van der Waals surface area contributed by atoms with Crippen molar-refractivity contribution in [3.05, 3.63) is 54.1 Å². The monoisotopic (exact) mass is 312 g/mol. The molecule has 0 radical (unpaired) electrons. The molecule has 23 heavy (non-hydrogen) atoms. The van der Waals surface area contributed by atoms with Crippen molar-refractivity contribution in [2.24, 2.45) is 0 Å².